The van der Waals surface area contributed by atoms with E-state index in [0.29, 0.717) is 27.3 Å². The van der Waals surface area contributed by atoms with Gasteiger partial charge in [-0.3, -0.25) is 0 Å². The molecule has 0 spiro atoms. The molecule has 4 rings (SSSR count). The van der Waals surface area contributed by atoms with Crippen LogP contribution in [-0.2, 0) is 6.54 Å². The first-order valence-corrected chi connectivity index (χ1v) is 7.59. The van der Waals surface area contributed by atoms with Crippen LogP contribution in [0.2, 0.25) is 5.02 Å². The van der Waals surface area contributed by atoms with Crippen LogP contribution < -0.4 is 0 Å². The van der Waals surface area contributed by atoms with Crippen LogP contribution in [0.1, 0.15) is 16.2 Å². The summed E-state index contributed by atoms with van der Waals surface area (Å²) in [5.41, 5.74) is 1.17. The number of carboxylic acid groups (broad SMARTS) is 1. The van der Waals surface area contributed by atoms with E-state index in [1.54, 1.807) is 29.0 Å². The van der Waals surface area contributed by atoms with Gasteiger partial charge in [0, 0.05) is 11.6 Å². The highest BCUT2D eigenvalue weighted by Crippen LogP contribution is 2.33. The molecular formula is C17H12ClN3O3. The first-order chi connectivity index (χ1) is 11.5. The molecule has 120 valence electrons. The molecule has 0 radical (unpaired) electrons. The third-order valence-electron chi connectivity index (χ3n) is 3.95. The Morgan fingerprint density at radius 3 is 2.79 bits per heavy atom. The van der Waals surface area contributed by atoms with E-state index in [9.17, 15) is 15.0 Å². The lowest BCUT2D eigenvalue weighted by Crippen LogP contribution is -1.99. The predicted octanol–water partition coefficient (Wildman–Crippen LogP) is 3.62. The fourth-order valence-corrected chi connectivity index (χ4v) is 3.14. The number of hydrogen-bond acceptors (Lipinski definition) is 3. The van der Waals surface area contributed by atoms with Crippen LogP contribution in [0.5, 0.6) is 5.88 Å². The average molecular weight is 342 g/mol. The standard InChI is InChI=1S/C17H12ClN3O3/c18-11-5-1-3-9-7-21(16(22)14(9)11)8-13-19-12-6-2-4-10(17(23)24)15(12)20-13/h1-7,22H,8H2,(H,19,20)(H,23,24). The van der Waals surface area contributed by atoms with E-state index in [0.717, 1.165) is 5.39 Å². The highest BCUT2D eigenvalue weighted by Gasteiger charge is 2.15. The fraction of sp³-hybridized carbons (Fsp3) is 0.0588. The van der Waals surface area contributed by atoms with E-state index in [1.807, 2.05) is 12.1 Å². The van der Waals surface area contributed by atoms with Gasteiger partial charge in [0.15, 0.2) is 0 Å². The van der Waals surface area contributed by atoms with E-state index < -0.39 is 5.97 Å². The monoisotopic (exact) mass is 341 g/mol. The number of carboxylic acids is 1. The van der Waals surface area contributed by atoms with Crippen molar-refractivity contribution in [3.63, 3.8) is 0 Å². The number of aromatic nitrogens is 3. The summed E-state index contributed by atoms with van der Waals surface area (Å²) in [4.78, 5) is 18.7. The molecule has 0 bridgehead atoms. The van der Waals surface area contributed by atoms with Crippen LogP contribution in [0.25, 0.3) is 21.8 Å². The summed E-state index contributed by atoms with van der Waals surface area (Å²) < 4.78 is 1.62. The summed E-state index contributed by atoms with van der Waals surface area (Å²) in [7, 11) is 0. The molecule has 2 heterocycles. The maximum absolute atomic E-state index is 11.3. The van der Waals surface area contributed by atoms with E-state index >= 15 is 0 Å². The lowest BCUT2D eigenvalue weighted by atomic mass is 10.2. The average Bonchev–Trinajstić information content (AvgIpc) is 3.09. The minimum absolute atomic E-state index is 0.0505. The molecule has 3 N–H and O–H groups in total. The number of aromatic amines is 1. The van der Waals surface area contributed by atoms with Crippen molar-refractivity contribution in [1.29, 1.82) is 0 Å². The number of nitrogens with zero attached hydrogens (tertiary/aromatic N) is 2. The number of halogens is 1. The number of nitrogens with one attached hydrogen (secondary N) is 1. The first kappa shape index (κ1) is 14.6. The molecular weight excluding hydrogens is 330 g/mol. The van der Waals surface area contributed by atoms with Crippen molar-refractivity contribution in [2.24, 2.45) is 0 Å². The fourth-order valence-electron chi connectivity index (χ4n) is 2.87. The Labute approximate surface area is 140 Å². The van der Waals surface area contributed by atoms with Crippen LogP contribution in [-0.4, -0.2) is 30.7 Å². The first-order valence-electron chi connectivity index (χ1n) is 7.22. The second kappa shape index (κ2) is 5.28. The quantitative estimate of drug-likeness (QED) is 0.530. The molecule has 0 aliphatic carbocycles. The van der Waals surface area contributed by atoms with Gasteiger partial charge in [0.25, 0.3) is 0 Å². The number of H-pyrrole nitrogens is 1. The highest BCUT2D eigenvalue weighted by atomic mass is 35.5. The molecule has 7 heteroatoms. The summed E-state index contributed by atoms with van der Waals surface area (Å²) in [6, 6.07) is 10.3. The van der Waals surface area contributed by atoms with Crippen LogP contribution in [0.15, 0.2) is 42.6 Å². The maximum Gasteiger partial charge on any atom is 0.337 e. The summed E-state index contributed by atoms with van der Waals surface area (Å²) in [5, 5.41) is 21.5. The number of carbonyl (C=O) groups is 1. The molecule has 2 aromatic carbocycles. The summed E-state index contributed by atoms with van der Waals surface area (Å²) in [6.45, 7) is 0.268. The smallest absolute Gasteiger partial charge is 0.337 e. The Morgan fingerprint density at radius 2 is 2.04 bits per heavy atom. The molecule has 0 aliphatic rings. The zero-order chi connectivity index (χ0) is 16.8. The van der Waals surface area contributed by atoms with Crippen molar-refractivity contribution in [2.45, 2.75) is 6.54 Å². The van der Waals surface area contributed by atoms with Gasteiger partial charge in [-0.1, -0.05) is 29.8 Å². The second-order valence-electron chi connectivity index (χ2n) is 5.48. The zero-order valence-electron chi connectivity index (χ0n) is 12.3. The molecule has 4 aromatic rings. The van der Waals surface area contributed by atoms with Gasteiger partial charge in [-0.15, -0.1) is 0 Å². The number of hydrogen-bond donors (Lipinski definition) is 3. The zero-order valence-corrected chi connectivity index (χ0v) is 13.1. The van der Waals surface area contributed by atoms with Crippen molar-refractivity contribution < 1.29 is 15.0 Å². The lowest BCUT2D eigenvalue weighted by molar-refractivity contribution is 0.0699. The largest absolute Gasteiger partial charge is 0.494 e. The third-order valence-corrected chi connectivity index (χ3v) is 4.26. The molecule has 0 fully saturated rings. The Hall–Kier alpha value is -2.99. The Morgan fingerprint density at radius 1 is 1.25 bits per heavy atom. The number of imidazole rings is 1. The molecule has 2 aromatic heterocycles. The Kier molecular flexibility index (Phi) is 3.21. The van der Waals surface area contributed by atoms with Gasteiger partial charge in [-0.2, -0.15) is 0 Å². The van der Waals surface area contributed by atoms with E-state index in [2.05, 4.69) is 9.97 Å². The van der Waals surface area contributed by atoms with Crippen molar-refractivity contribution >= 4 is 39.4 Å². The van der Waals surface area contributed by atoms with Crippen LogP contribution in [0.3, 0.4) is 0 Å². The van der Waals surface area contributed by atoms with Gasteiger partial charge >= 0.3 is 5.97 Å². The summed E-state index contributed by atoms with van der Waals surface area (Å²) in [5.74, 6) is -0.431. The topological polar surface area (TPSA) is 91.1 Å². The SMILES string of the molecule is O=C(O)c1cccc2[nH]c(Cn3cc4cccc(Cl)c4c3O)nc12. The highest BCUT2D eigenvalue weighted by molar-refractivity contribution is 6.36. The number of aromatic carboxylic acids is 1. The molecule has 0 aliphatic heterocycles. The van der Waals surface area contributed by atoms with E-state index in [-0.39, 0.29) is 18.0 Å². The minimum Gasteiger partial charge on any atom is -0.494 e. The van der Waals surface area contributed by atoms with Crippen molar-refractivity contribution in [1.82, 2.24) is 14.5 Å². The molecule has 6 nitrogen and oxygen atoms in total. The number of para-hydroxylation sites is 1. The summed E-state index contributed by atoms with van der Waals surface area (Å²) in [6.07, 6.45) is 1.78. The van der Waals surface area contributed by atoms with Crippen LogP contribution >= 0.6 is 11.6 Å². The van der Waals surface area contributed by atoms with Crippen molar-refractivity contribution in [3.8, 4) is 5.88 Å². The second-order valence-corrected chi connectivity index (χ2v) is 5.88. The number of aromatic hydroxyl groups is 1. The van der Waals surface area contributed by atoms with Gasteiger partial charge in [-0.25, -0.2) is 9.78 Å². The maximum atomic E-state index is 11.3. The normalized spacial score (nSPS) is 11.4. The van der Waals surface area contributed by atoms with Crippen molar-refractivity contribution in [2.75, 3.05) is 0 Å². The number of fused-ring (bicyclic) bond motifs is 2. The minimum atomic E-state index is -1.03. The predicted molar refractivity (Wildman–Crippen MR) is 90.8 cm³/mol. The van der Waals surface area contributed by atoms with E-state index in [4.69, 9.17) is 11.6 Å². The number of benzene rings is 2. The Bertz CT molecular complexity index is 1100. The summed E-state index contributed by atoms with van der Waals surface area (Å²) >= 11 is 6.14. The van der Waals surface area contributed by atoms with Gasteiger partial charge in [0.05, 0.1) is 28.0 Å². The molecule has 0 saturated carbocycles. The van der Waals surface area contributed by atoms with Crippen LogP contribution in [0, 0.1) is 0 Å². The van der Waals surface area contributed by atoms with Gasteiger partial charge < -0.3 is 19.8 Å². The molecule has 0 unspecified atom stereocenters. The van der Waals surface area contributed by atoms with Crippen molar-refractivity contribution in [3.05, 3.63) is 59.0 Å². The van der Waals surface area contributed by atoms with E-state index in [1.165, 1.54) is 6.07 Å². The van der Waals surface area contributed by atoms with Gasteiger partial charge in [0.1, 0.15) is 11.3 Å². The third kappa shape index (κ3) is 2.19. The Balaban J connectivity index is 1.80. The number of rotatable bonds is 3. The van der Waals surface area contributed by atoms with Crippen LogP contribution in [0.4, 0.5) is 0 Å². The molecule has 0 saturated heterocycles. The molecule has 0 amide bonds. The molecule has 24 heavy (non-hydrogen) atoms. The lowest BCUT2D eigenvalue weighted by Gasteiger charge is -2.02. The molecule has 0 atom stereocenters. The van der Waals surface area contributed by atoms with Gasteiger partial charge in [-0.05, 0) is 18.2 Å². The van der Waals surface area contributed by atoms with Gasteiger partial charge in [0.2, 0.25) is 5.88 Å².